The lowest BCUT2D eigenvalue weighted by Gasteiger charge is -2.30. The third-order valence-electron chi connectivity index (χ3n) is 2.78. The van der Waals surface area contributed by atoms with Gasteiger partial charge in [-0.05, 0) is 37.3 Å². The Balaban J connectivity index is 2.24. The Bertz CT molecular complexity index is 275. The van der Waals surface area contributed by atoms with Crippen molar-refractivity contribution in [1.29, 1.82) is 0 Å². The Hall–Kier alpha value is 0.110. The first-order chi connectivity index (χ1) is 6.16. The van der Waals surface area contributed by atoms with Gasteiger partial charge in [0, 0.05) is 6.42 Å². The van der Waals surface area contributed by atoms with E-state index in [-0.39, 0.29) is 4.08 Å². The van der Waals surface area contributed by atoms with Gasteiger partial charge in [0.15, 0.2) is 5.78 Å². The number of rotatable bonds is 0. The SMILES string of the molecule is CC1=C(C)C(=O)C2(C1)SCCCS2. The molecule has 0 amide bonds. The first kappa shape index (κ1) is 9.66. The fourth-order valence-electron chi connectivity index (χ4n) is 1.85. The van der Waals surface area contributed by atoms with E-state index in [0.29, 0.717) is 5.78 Å². The van der Waals surface area contributed by atoms with Gasteiger partial charge in [-0.2, -0.15) is 0 Å². The Morgan fingerprint density at radius 1 is 1.23 bits per heavy atom. The van der Waals surface area contributed by atoms with Crippen molar-refractivity contribution in [1.82, 2.24) is 0 Å². The van der Waals surface area contributed by atoms with Gasteiger partial charge in [-0.3, -0.25) is 4.79 Å². The molecule has 3 heteroatoms. The first-order valence-electron chi connectivity index (χ1n) is 4.65. The normalized spacial score (nSPS) is 27.4. The summed E-state index contributed by atoms with van der Waals surface area (Å²) < 4.78 is -0.105. The molecule has 1 saturated heterocycles. The largest absolute Gasteiger partial charge is 0.292 e. The second-order valence-electron chi connectivity index (χ2n) is 3.71. The van der Waals surface area contributed by atoms with Crippen LogP contribution in [0.15, 0.2) is 11.1 Å². The predicted octanol–water partition coefficient (Wildman–Crippen LogP) is 2.86. The van der Waals surface area contributed by atoms with Gasteiger partial charge in [0.2, 0.25) is 0 Å². The van der Waals surface area contributed by atoms with Crippen LogP contribution in [0.3, 0.4) is 0 Å². The molecule has 0 bridgehead atoms. The van der Waals surface area contributed by atoms with Crippen LogP contribution in [0.4, 0.5) is 0 Å². The summed E-state index contributed by atoms with van der Waals surface area (Å²) in [6.45, 7) is 4.07. The summed E-state index contributed by atoms with van der Waals surface area (Å²) >= 11 is 3.72. The van der Waals surface area contributed by atoms with Crippen LogP contribution in [-0.2, 0) is 4.79 Å². The lowest BCUT2D eigenvalue weighted by molar-refractivity contribution is -0.115. The first-order valence-corrected chi connectivity index (χ1v) is 6.62. The van der Waals surface area contributed by atoms with Crippen LogP contribution < -0.4 is 0 Å². The number of hydrogen-bond acceptors (Lipinski definition) is 3. The molecule has 1 nitrogen and oxygen atoms in total. The maximum absolute atomic E-state index is 12.0. The molecule has 0 aromatic carbocycles. The summed E-state index contributed by atoms with van der Waals surface area (Å²) in [4.78, 5) is 12.0. The van der Waals surface area contributed by atoms with Crippen molar-refractivity contribution < 1.29 is 4.79 Å². The minimum Gasteiger partial charge on any atom is -0.292 e. The van der Waals surface area contributed by atoms with E-state index in [1.165, 1.54) is 12.0 Å². The van der Waals surface area contributed by atoms with Gasteiger partial charge in [0.05, 0.1) is 0 Å². The highest BCUT2D eigenvalue weighted by Crippen LogP contribution is 2.52. The number of hydrogen-bond donors (Lipinski definition) is 0. The molecule has 0 aromatic rings. The van der Waals surface area contributed by atoms with E-state index in [1.54, 1.807) is 0 Å². The van der Waals surface area contributed by atoms with E-state index in [4.69, 9.17) is 0 Å². The van der Waals surface area contributed by atoms with E-state index >= 15 is 0 Å². The lowest BCUT2D eigenvalue weighted by Crippen LogP contribution is -2.31. The van der Waals surface area contributed by atoms with Crippen LogP contribution in [0, 0.1) is 0 Å². The summed E-state index contributed by atoms with van der Waals surface area (Å²) in [6, 6.07) is 0. The van der Waals surface area contributed by atoms with Crippen LogP contribution in [0.1, 0.15) is 26.7 Å². The second kappa shape index (κ2) is 3.35. The zero-order valence-corrected chi connectivity index (χ0v) is 9.69. The van der Waals surface area contributed by atoms with Crippen molar-refractivity contribution in [2.45, 2.75) is 30.8 Å². The topological polar surface area (TPSA) is 17.1 Å². The van der Waals surface area contributed by atoms with Gasteiger partial charge in [0.1, 0.15) is 4.08 Å². The highest BCUT2D eigenvalue weighted by atomic mass is 32.2. The minimum absolute atomic E-state index is 0.105. The monoisotopic (exact) mass is 214 g/mol. The molecule has 0 aromatic heterocycles. The molecule has 1 fully saturated rings. The predicted molar refractivity (Wildman–Crippen MR) is 60.3 cm³/mol. The highest BCUT2D eigenvalue weighted by Gasteiger charge is 2.46. The molecule has 1 spiro atoms. The average molecular weight is 214 g/mol. The molecule has 2 aliphatic rings. The van der Waals surface area contributed by atoms with E-state index in [0.717, 1.165) is 23.5 Å². The smallest absolute Gasteiger partial charge is 0.184 e. The van der Waals surface area contributed by atoms with E-state index in [9.17, 15) is 4.79 Å². The van der Waals surface area contributed by atoms with E-state index < -0.39 is 0 Å². The molecule has 0 atom stereocenters. The summed E-state index contributed by atoms with van der Waals surface area (Å²) in [6.07, 6.45) is 2.23. The fraction of sp³-hybridized carbons (Fsp3) is 0.700. The quantitative estimate of drug-likeness (QED) is 0.617. The van der Waals surface area contributed by atoms with Crippen molar-refractivity contribution in [2.75, 3.05) is 11.5 Å². The van der Waals surface area contributed by atoms with Crippen molar-refractivity contribution in [3.63, 3.8) is 0 Å². The number of thioether (sulfide) groups is 2. The van der Waals surface area contributed by atoms with Crippen molar-refractivity contribution in [2.24, 2.45) is 0 Å². The number of allylic oxidation sites excluding steroid dienone is 2. The molecule has 0 saturated carbocycles. The maximum atomic E-state index is 12.0. The Morgan fingerprint density at radius 3 is 2.31 bits per heavy atom. The summed E-state index contributed by atoms with van der Waals surface area (Å²) in [5.41, 5.74) is 2.31. The zero-order valence-electron chi connectivity index (χ0n) is 8.05. The molecule has 0 unspecified atom stereocenters. The molecular formula is C10H14OS2. The zero-order chi connectivity index (χ0) is 9.47. The van der Waals surface area contributed by atoms with Gasteiger partial charge in [-0.25, -0.2) is 0 Å². The van der Waals surface area contributed by atoms with Gasteiger partial charge >= 0.3 is 0 Å². The molecule has 2 rings (SSSR count). The standard InChI is InChI=1S/C10H14OS2/c1-7-6-10(9(11)8(7)2)12-4-3-5-13-10/h3-6H2,1-2H3. The molecule has 1 aliphatic heterocycles. The minimum atomic E-state index is -0.105. The van der Waals surface area contributed by atoms with Crippen molar-refractivity contribution >= 4 is 29.3 Å². The molecule has 1 heterocycles. The Morgan fingerprint density at radius 2 is 1.85 bits per heavy atom. The summed E-state index contributed by atoms with van der Waals surface area (Å²) in [7, 11) is 0. The molecule has 72 valence electrons. The number of Topliss-reactive ketones (excluding diaryl/α,β-unsaturated/α-hetero) is 1. The Kier molecular flexibility index (Phi) is 2.49. The maximum Gasteiger partial charge on any atom is 0.184 e. The third kappa shape index (κ3) is 1.46. The molecule has 1 aliphatic carbocycles. The molecule has 0 radical (unpaired) electrons. The average Bonchev–Trinajstić information content (AvgIpc) is 2.33. The molecule has 0 N–H and O–H groups in total. The van der Waals surface area contributed by atoms with Crippen LogP contribution in [0.25, 0.3) is 0 Å². The van der Waals surface area contributed by atoms with E-state index in [2.05, 4.69) is 6.92 Å². The van der Waals surface area contributed by atoms with Gasteiger partial charge < -0.3 is 0 Å². The van der Waals surface area contributed by atoms with Crippen LogP contribution in [0.5, 0.6) is 0 Å². The van der Waals surface area contributed by atoms with Crippen LogP contribution in [-0.4, -0.2) is 21.4 Å². The second-order valence-corrected chi connectivity index (χ2v) is 6.76. The highest BCUT2D eigenvalue weighted by molar-refractivity contribution is 8.20. The Labute approximate surface area is 87.7 Å². The van der Waals surface area contributed by atoms with Crippen LogP contribution in [0.2, 0.25) is 0 Å². The third-order valence-corrected chi connectivity index (χ3v) is 6.07. The van der Waals surface area contributed by atoms with Crippen LogP contribution >= 0.6 is 23.5 Å². The van der Waals surface area contributed by atoms with Crippen molar-refractivity contribution in [3.8, 4) is 0 Å². The summed E-state index contributed by atoms with van der Waals surface area (Å²) in [5.74, 6) is 2.69. The number of carbonyl (C=O) groups excluding carboxylic acids is 1. The van der Waals surface area contributed by atoms with Gasteiger partial charge in [0.25, 0.3) is 0 Å². The molecular weight excluding hydrogens is 200 g/mol. The fourth-order valence-corrected chi connectivity index (χ4v) is 5.31. The van der Waals surface area contributed by atoms with Crippen molar-refractivity contribution in [3.05, 3.63) is 11.1 Å². The van der Waals surface area contributed by atoms with E-state index in [1.807, 2.05) is 30.4 Å². The lowest BCUT2D eigenvalue weighted by atomic mass is 10.2. The number of carbonyl (C=O) groups is 1. The number of ketones is 1. The van der Waals surface area contributed by atoms with Gasteiger partial charge in [-0.1, -0.05) is 5.57 Å². The van der Waals surface area contributed by atoms with Gasteiger partial charge in [-0.15, -0.1) is 23.5 Å². The molecule has 13 heavy (non-hydrogen) atoms. The summed E-state index contributed by atoms with van der Waals surface area (Å²) in [5, 5.41) is 0.